The summed E-state index contributed by atoms with van der Waals surface area (Å²) in [5.74, 6) is 0.157. The Bertz CT molecular complexity index is 1570. The van der Waals surface area contributed by atoms with Crippen molar-refractivity contribution in [2.75, 3.05) is 30.9 Å². The molecule has 0 radical (unpaired) electrons. The predicted molar refractivity (Wildman–Crippen MR) is 172 cm³/mol. The Hall–Kier alpha value is -3.02. The highest BCUT2D eigenvalue weighted by atomic mass is 127. The van der Waals surface area contributed by atoms with Crippen molar-refractivity contribution in [3.8, 4) is 17.2 Å². The Balaban J connectivity index is 2.15. The second kappa shape index (κ2) is 14.7. The normalized spacial score (nSPS) is 12.0. The number of aromatic nitrogens is 3. The molecule has 218 valence electrons. The lowest BCUT2D eigenvalue weighted by atomic mass is 9.98. The molecule has 0 fully saturated rings. The van der Waals surface area contributed by atoms with Crippen LogP contribution in [0, 0.1) is 11.3 Å². The minimum Gasteiger partial charge on any atom is -0.466 e. The zero-order chi connectivity index (χ0) is 30.3. The van der Waals surface area contributed by atoms with Gasteiger partial charge in [-0.05, 0) is 30.5 Å². The molecule has 0 atom stereocenters. The number of carbonyl (C=O) groups excluding carboxylic acids is 2. The van der Waals surface area contributed by atoms with Gasteiger partial charge in [0.2, 0.25) is 0 Å². The van der Waals surface area contributed by atoms with Crippen LogP contribution in [0.4, 0.5) is 0 Å². The van der Waals surface area contributed by atoms with Crippen LogP contribution in [0.5, 0.6) is 0 Å². The molecule has 0 unspecified atom stereocenters. The number of halogens is 2. The Morgan fingerprint density at radius 1 is 1.32 bits per heavy atom. The van der Waals surface area contributed by atoms with E-state index < -0.39 is 5.97 Å². The third-order valence-electron chi connectivity index (χ3n) is 6.42. The zero-order valence-corrected chi connectivity index (χ0v) is 27.3. The van der Waals surface area contributed by atoms with Crippen molar-refractivity contribution < 1.29 is 19.1 Å². The Morgan fingerprint density at radius 2 is 2.05 bits per heavy atom. The number of fused-ring (bicyclic) bond motifs is 1. The first-order valence-electron chi connectivity index (χ1n) is 12.6. The maximum Gasteiger partial charge on any atom is 0.354 e. The number of alkyl halides is 1. The first-order valence-corrected chi connectivity index (χ1v) is 15.7. The molecule has 3 rings (SSSR count). The lowest BCUT2D eigenvalue weighted by Gasteiger charge is -2.11. The second-order valence-corrected chi connectivity index (χ2v) is 11.3. The number of nitrogens with two attached hydrogens (primary N) is 1. The summed E-state index contributed by atoms with van der Waals surface area (Å²) in [5, 5.41) is 16.0. The second-order valence-electron chi connectivity index (χ2n) is 9.11. The molecule has 1 aromatic carbocycles. The number of methoxy groups -OCH3 is 1. The number of esters is 2. The number of hydrogen-bond acceptors (Lipinski definition) is 9. The molecule has 0 amide bonds. The van der Waals surface area contributed by atoms with E-state index in [1.165, 1.54) is 14.0 Å². The number of nitriles is 1. The van der Waals surface area contributed by atoms with Gasteiger partial charge in [0.15, 0.2) is 0 Å². The standard InChI is InChI=1S/C28H32ClIN6O4S/c1-16(37)40-10-6-7-19-20-8-9-21(29)24(26(20)35(3)27(19)28(38)39-5)25-22(34-36(4)23(25)13-31)15-41-14-17(32)11-18(12-30)33-2/h8-9,11H,6-7,10,12,14-15,32H2,1-5H3. The molecule has 13 heteroatoms. The first kappa shape index (κ1) is 32.5. The van der Waals surface area contributed by atoms with Crippen molar-refractivity contribution in [2.24, 2.45) is 24.8 Å². The fourth-order valence-electron chi connectivity index (χ4n) is 4.67. The van der Waals surface area contributed by atoms with E-state index in [9.17, 15) is 14.9 Å². The number of aliphatic imine (C=N–C) groups is 1. The molecule has 10 nitrogen and oxygen atoms in total. The van der Waals surface area contributed by atoms with Crippen molar-refractivity contribution >= 4 is 74.5 Å². The fourth-order valence-corrected chi connectivity index (χ4v) is 6.29. The SMILES string of the molecule is CN=C(C=C(N)CSCc1nn(C)c(C#N)c1-c1c(Cl)ccc2c(CCCOC(C)=O)c(C(=O)OC)n(C)c12)CI. The molecule has 2 aromatic heterocycles. The van der Waals surface area contributed by atoms with Gasteiger partial charge in [0.05, 0.1) is 29.9 Å². The third-order valence-corrected chi connectivity index (χ3v) is 8.53. The van der Waals surface area contributed by atoms with Crippen molar-refractivity contribution in [3.05, 3.63) is 51.6 Å². The van der Waals surface area contributed by atoms with Gasteiger partial charge >= 0.3 is 11.9 Å². The van der Waals surface area contributed by atoms with E-state index in [1.54, 1.807) is 48.2 Å². The van der Waals surface area contributed by atoms with Gasteiger partial charge in [-0.2, -0.15) is 10.4 Å². The Labute approximate surface area is 262 Å². The molecular formula is C28H32ClIN6O4S. The van der Waals surface area contributed by atoms with E-state index in [0.717, 1.165) is 21.1 Å². The number of ether oxygens (including phenoxy) is 2. The van der Waals surface area contributed by atoms with Crippen LogP contribution >= 0.6 is 46.0 Å². The number of rotatable bonds is 12. The molecule has 0 saturated carbocycles. The maximum absolute atomic E-state index is 13.0. The summed E-state index contributed by atoms with van der Waals surface area (Å²) in [4.78, 5) is 28.4. The summed E-state index contributed by atoms with van der Waals surface area (Å²) in [6.07, 6.45) is 2.84. The highest BCUT2D eigenvalue weighted by Gasteiger charge is 2.28. The number of nitrogens with zero attached hydrogens (tertiary/aromatic N) is 5. The Morgan fingerprint density at radius 3 is 2.66 bits per heavy atom. The van der Waals surface area contributed by atoms with Gasteiger partial charge in [-0.1, -0.05) is 40.3 Å². The number of benzene rings is 1. The van der Waals surface area contributed by atoms with Crippen LogP contribution in [0.15, 0.2) is 28.9 Å². The quantitative estimate of drug-likeness (QED) is 0.0915. The van der Waals surface area contributed by atoms with Crippen LogP contribution in [0.1, 0.15) is 40.8 Å². The minimum absolute atomic E-state index is 0.219. The number of thioether (sulfide) groups is 1. The summed E-state index contributed by atoms with van der Waals surface area (Å²) in [6.45, 7) is 1.57. The summed E-state index contributed by atoms with van der Waals surface area (Å²) in [5.41, 5.74) is 11.9. The molecule has 0 aliphatic carbocycles. The number of allylic oxidation sites excluding steroid dienone is 1. The van der Waals surface area contributed by atoms with Gasteiger partial charge in [0.25, 0.3) is 0 Å². The number of hydrogen-bond donors (Lipinski definition) is 1. The van der Waals surface area contributed by atoms with E-state index in [0.29, 0.717) is 68.8 Å². The molecular weight excluding hydrogens is 679 g/mol. The predicted octanol–water partition coefficient (Wildman–Crippen LogP) is 4.97. The molecule has 0 spiro atoms. The lowest BCUT2D eigenvalue weighted by Crippen LogP contribution is -2.11. The molecule has 3 aromatic rings. The van der Waals surface area contributed by atoms with Gasteiger partial charge in [-0.3, -0.25) is 14.5 Å². The maximum atomic E-state index is 13.0. The number of carbonyl (C=O) groups is 2. The van der Waals surface area contributed by atoms with Crippen molar-refractivity contribution in [2.45, 2.75) is 25.5 Å². The minimum atomic E-state index is -0.500. The number of aryl methyl sites for hydroxylation is 3. The Kier molecular flexibility index (Phi) is 11.7. The monoisotopic (exact) mass is 710 g/mol. The van der Waals surface area contributed by atoms with Gasteiger partial charge in [0, 0.05) is 71.9 Å². The van der Waals surface area contributed by atoms with Crippen LogP contribution in [-0.4, -0.2) is 62.9 Å². The summed E-state index contributed by atoms with van der Waals surface area (Å²) in [7, 11) is 6.55. The van der Waals surface area contributed by atoms with Crippen molar-refractivity contribution in [1.29, 1.82) is 5.26 Å². The average Bonchev–Trinajstić information content (AvgIpc) is 3.41. The molecule has 0 saturated heterocycles. The van der Waals surface area contributed by atoms with Crippen LogP contribution in [0.3, 0.4) is 0 Å². The molecule has 0 bridgehead atoms. The molecule has 2 heterocycles. The summed E-state index contributed by atoms with van der Waals surface area (Å²) < 4.78 is 14.3. The van der Waals surface area contributed by atoms with E-state index in [4.69, 9.17) is 26.8 Å². The van der Waals surface area contributed by atoms with Gasteiger partial charge in [0.1, 0.15) is 17.5 Å². The topological polar surface area (TPSA) is 138 Å². The highest BCUT2D eigenvalue weighted by molar-refractivity contribution is 14.1. The first-order chi connectivity index (χ1) is 19.6. The fraction of sp³-hybridized carbons (Fsp3) is 0.393. The van der Waals surface area contributed by atoms with Gasteiger partial charge in [-0.15, -0.1) is 11.8 Å². The molecule has 41 heavy (non-hydrogen) atoms. The van der Waals surface area contributed by atoms with Gasteiger partial charge in [-0.25, -0.2) is 4.79 Å². The zero-order valence-electron chi connectivity index (χ0n) is 23.6. The van der Waals surface area contributed by atoms with Crippen LogP contribution in [0.2, 0.25) is 5.02 Å². The third kappa shape index (κ3) is 7.25. The van der Waals surface area contributed by atoms with Gasteiger partial charge < -0.3 is 19.8 Å². The van der Waals surface area contributed by atoms with Crippen LogP contribution < -0.4 is 5.73 Å². The van der Waals surface area contributed by atoms with Crippen molar-refractivity contribution in [3.63, 3.8) is 0 Å². The highest BCUT2D eigenvalue weighted by Crippen LogP contribution is 2.42. The lowest BCUT2D eigenvalue weighted by molar-refractivity contribution is -0.141. The smallest absolute Gasteiger partial charge is 0.354 e. The van der Waals surface area contributed by atoms with Crippen LogP contribution in [0.25, 0.3) is 22.0 Å². The summed E-state index contributed by atoms with van der Waals surface area (Å²) >= 11 is 10.7. The van der Waals surface area contributed by atoms with E-state index in [1.807, 2.05) is 12.1 Å². The molecule has 2 N–H and O–H groups in total. The summed E-state index contributed by atoms with van der Waals surface area (Å²) in [6, 6.07) is 5.89. The van der Waals surface area contributed by atoms with Crippen LogP contribution in [-0.2, 0) is 40.5 Å². The van der Waals surface area contributed by atoms with E-state index in [-0.39, 0.29) is 12.6 Å². The average molecular weight is 711 g/mol. The molecule has 0 aliphatic heterocycles. The van der Waals surface area contributed by atoms with E-state index >= 15 is 0 Å². The van der Waals surface area contributed by atoms with Crippen molar-refractivity contribution in [1.82, 2.24) is 14.3 Å². The van der Waals surface area contributed by atoms with E-state index in [2.05, 4.69) is 38.8 Å². The largest absolute Gasteiger partial charge is 0.466 e. The molecule has 0 aliphatic rings.